The minimum atomic E-state index is -4.59. The molecule has 1 aliphatic heterocycles. The average Bonchev–Trinajstić information content (AvgIpc) is 3.29. The van der Waals surface area contributed by atoms with Crippen molar-refractivity contribution in [3.05, 3.63) is 101 Å². The molecule has 0 fully saturated rings. The molecule has 0 spiro atoms. The van der Waals surface area contributed by atoms with Gasteiger partial charge in [-0.15, -0.1) is 0 Å². The van der Waals surface area contributed by atoms with E-state index in [-0.39, 0.29) is 17.4 Å². The molecule has 4 rings (SSSR count). The number of sulfonamides is 1. The lowest BCUT2D eigenvalue weighted by atomic mass is 9.91. The number of halogens is 4. The molecular weight excluding hydrogens is 501 g/mol. The number of nitrogens with zero attached hydrogens (tertiary/aromatic N) is 3. The molecule has 35 heavy (non-hydrogen) atoms. The van der Waals surface area contributed by atoms with Crippen molar-refractivity contribution in [2.45, 2.75) is 17.0 Å². The van der Waals surface area contributed by atoms with Gasteiger partial charge in [-0.3, -0.25) is 5.41 Å². The van der Waals surface area contributed by atoms with E-state index in [4.69, 9.17) is 17.0 Å². The van der Waals surface area contributed by atoms with Gasteiger partial charge in [-0.05, 0) is 47.5 Å². The van der Waals surface area contributed by atoms with Gasteiger partial charge >= 0.3 is 6.18 Å². The van der Waals surface area contributed by atoms with Gasteiger partial charge in [0.05, 0.1) is 22.7 Å². The number of hydrogen-bond donors (Lipinski definition) is 1. The normalized spacial score (nSPS) is 16.2. The fourth-order valence-corrected chi connectivity index (χ4v) is 4.96. The van der Waals surface area contributed by atoms with Gasteiger partial charge in [0.25, 0.3) is 10.0 Å². The van der Waals surface area contributed by atoms with Gasteiger partial charge in [0.15, 0.2) is 0 Å². The lowest BCUT2D eigenvalue weighted by Crippen LogP contribution is -2.42. The summed E-state index contributed by atoms with van der Waals surface area (Å²) in [5.74, 6) is -0.685. The maximum Gasteiger partial charge on any atom is 0.416 e. The van der Waals surface area contributed by atoms with E-state index in [1.807, 2.05) is 30.3 Å². The first kappa shape index (κ1) is 24.7. The van der Waals surface area contributed by atoms with Crippen molar-refractivity contribution in [1.82, 2.24) is 9.31 Å². The largest absolute Gasteiger partial charge is 0.416 e. The number of guanidine groups is 1. The summed E-state index contributed by atoms with van der Waals surface area (Å²) in [5.41, 5.74) is 1.38. The lowest BCUT2D eigenvalue weighted by molar-refractivity contribution is -0.137. The first-order chi connectivity index (χ1) is 16.5. The lowest BCUT2D eigenvalue weighted by Gasteiger charge is -2.25. The van der Waals surface area contributed by atoms with Gasteiger partial charge in [-0.2, -0.15) is 18.3 Å². The molecule has 0 amide bonds. The van der Waals surface area contributed by atoms with Crippen molar-refractivity contribution in [2.75, 3.05) is 13.6 Å². The number of alkyl halides is 3. The topological polar surface area (TPSA) is 76.8 Å². The van der Waals surface area contributed by atoms with Crippen LogP contribution >= 0.6 is 11.6 Å². The monoisotopic (exact) mass is 520 g/mol. The summed E-state index contributed by atoms with van der Waals surface area (Å²) >= 11 is 6.02. The fraction of sp³-hybridized carbons (Fsp3) is 0.167. The molecule has 0 aliphatic carbocycles. The van der Waals surface area contributed by atoms with E-state index < -0.39 is 27.7 Å². The number of nitrogens with one attached hydrogen (secondary N) is 1. The second-order valence-corrected chi connectivity index (χ2v) is 10.3. The van der Waals surface area contributed by atoms with Crippen LogP contribution in [0.4, 0.5) is 13.2 Å². The van der Waals surface area contributed by atoms with E-state index >= 15 is 0 Å². The van der Waals surface area contributed by atoms with Crippen molar-refractivity contribution in [1.29, 1.82) is 5.41 Å². The smallest absolute Gasteiger partial charge is 0.267 e. The molecule has 0 bridgehead atoms. The van der Waals surface area contributed by atoms with Crippen LogP contribution in [0.3, 0.4) is 0 Å². The summed E-state index contributed by atoms with van der Waals surface area (Å²) in [5, 5.41) is 14.9. The average molecular weight is 521 g/mol. The summed E-state index contributed by atoms with van der Waals surface area (Å²) in [6, 6.07) is 19.7. The predicted octanol–water partition coefficient (Wildman–Crippen LogP) is 5.42. The van der Waals surface area contributed by atoms with E-state index in [1.54, 1.807) is 24.3 Å². The van der Waals surface area contributed by atoms with Crippen molar-refractivity contribution in [3.63, 3.8) is 0 Å². The van der Waals surface area contributed by atoms with Crippen LogP contribution < -0.4 is 0 Å². The Hall–Kier alpha value is -3.37. The van der Waals surface area contributed by atoms with Crippen LogP contribution in [0.1, 0.15) is 22.6 Å². The Morgan fingerprint density at radius 3 is 2.20 bits per heavy atom. The molecule has 1 aliphatic rings. The summed E-state index contributed by atoms with van der Waals surface area (Å²) < 4.78 is 65.4. The first-order valence-electron chi connectivity index (χ1n) is 10.4. The van der Waals surface area contributed by atoms with Gasteiger partial charge in [0.2, 0.25) is 5.96 Å². The van der Waals surface area contributed by atoms with Crippen LogP contribution in [-0.2, 0) is 16.2 Å². The van der Waals surface area contributed by atoms with E-state index in [1.165, 1.54) is 12.1 Å². The number of benzene rings is 3. The molecule has 1 atom stereocenters. The van der Waals surface area contributed by atoms with Crippen LogP contribution in [0.15, 0.2) is 88.9 Å². The van der Waals surface area contributed by atoms with Gasteiger partial charge in [-0.1, -0.05) is 54.1 Å². The van der Waals surface area contributed by atoms with Gasteiger partial charge in [-0.25, -0.2) is 17.7 Å². The predicted molar refractivity (Wildman–Crippen MR) is 128 cm³/mol. The van der Waals surface area contributed by atoms with Crippen LogP contribution in [0.25, 0.3) is 0 Å². The molecule has 0 radical (unpaired) electrons. The molecule has 1 N–H and O–H groups in total. The molecule has 11 heteroatoms. The molecule has 3 aromatic carbocycles. The highest BCUT2D eigenvalue weighted by Gasteiger charge is 2.36. The molecule has 0 unspecified atom stereocenters. The Labute approximate surface area is 205 Å². The number of rotatable bonds is 4. The van der Waals surface area contributed by atoms with Crippen molar-refractivity contribution < 1.29 is 21.6 Å². The van der Waals surface area contributed by atoms with Crippen LogP contribution in [0, 0.1) is 5.41 Å². The molecule has 0 saturated heterocycles. The Balaban J connectivity index is 1.64. The first-order valence-corrected chi connectivity index (χ1v) is 12.2. The van der Waals surface area contributed by atoms with Crippen molar-refractivity contribution in [2.24, 2.45) is 5.10 Å². The molecule has 3 aromatic rings. The van der Waals surface area contributed by atoms with E-state index in [0.29, 0.717) is 27.2 Å². The molecule has 0 aromatic heterocycles. The molecular formula is C24H20ClF3N4O2S. The Bertz CT molecular complexity index is 1360. The minimum Gasteiger partial charge on any atom is -0.267 e. The summed E-state index contributed by atoms with van der Waals surface area (Å²) in [4.78, 5) is -0.363. The highest BCUT2D eigenvalue weighted by Crippen LogP contribution is 2.32. The highest BCUT2D eigenvalue weighted by molar-refractivity contribution is 7.89. The third-order valence-electron chi connectivity index (χ3n) is 5.64. The third-order valence-corrected chi connectivity index (χ3v) is 7.65. The van der Waals surface area contributed by atoms with Crippen LogP contribution in [0.5, 0.6) is 0 Å². The Kier molecular flexibility index (Phi) is 6.61. The van der Waals surface area contributed by atoms with Crippen molar-refractivity contribution >= 4 is 33.3 Å². The molecule has 6 nitrogen and oxygen atoms in total. The third kappa shape index (κ3) is 5.03. The van der Waals surface area contributed by atoms with Gasteiger partial charge in [0, 0.05) is 18.0 Å². The summed E-state index contributed by atoms with van der Waals surface area (Å²) in [6.07, 6.45) is -4.59. The molecule has 1 heterocycles. The van der Waals surface area contributed by atoms with Gasteiger partial charge < -0.3 is 0 Å². The second-order valence-electron chi connectivity index (χ2n) is 7.86. The van der Waals surface area contributed by atoms with Gasteiger partial charge in [0.1, 0.15) is 0 Å². The molecule has 182 valence electrons. The number of hydrazone groups is 1. The van der Waals surface area contributed by atoms with E-state index in [9.17, 15) is 21.6 Å². The maximum absolute atomic E-state index is 13.0. The van der Waals surface area contributed by atoms with Crippen molar-refractivity contribution in [3.8, 4) is 0 Å². The fourth-order valence-electron chi connectivity index (χ4n) is 3.71. The van der Waals surface area contributed by atoms with Crippen LogP contribution in [-0.4, -0.2) is 43.0 Å². The SMILES string of the molecule is CN(C(=N)N1C[C@H](c2ccccc2)C(c2ccc(Cl)cc2)=N1)S(=O)(=O)c1ccc(C(F)(F)F)cc1. The van der Waals surface area contributed by atoms with Crippen LogP contribution in [0.2, 0.25) is 5.02 Å². The summed E-state index contributed by atoms with van der Waals surface area (Å²) in [7, 11) is -3.13. The molecule has 0 saturated carbocycles. The maximum atomic E-state index is 13.0. The standard InChI is InChI=1S/C24H20ClF3N4O2S/c1-31(35(33,34)20-13-9-18(10-14-20)24(26,27)28)23(29)32-15-21(16-5-3-2-4-6-16)22(30-32)17-7-11-19(25)12-8-17/h2-14,21,29H,15H2,1H3/t21-/m1/s1. The quantitative estimate of drug-likeness (QED) is 0.369. The zero-order valence-corrected chi connectivity index (χ0v) is 19.9. The Morgan fingerprint density at radius 1 is 1.03 bits per heavy atom. The highest BCUT2D eigenvalue weighted by atomic mass is 35.5. The van der Waals surface area contributed by atoms with E-state index in [2.05, 4.69) is 5.10 Å². The zero-order valence-electron chi connectivity index (χ0n) is 18.4. The zero-order chi connectivity index (χ0) is 25.4. The second kappa shape index (κ2) is 9.35. The minimum absolute atomic E-state index is 0.202. The summed E-state index contributed by atoms with van der Waals surface area (Å²) in [6.45, 7) is 0.202. The Morgan fingerprint density at radius 2 is 1.63 bits per heavy atom. The number of hydrogen-bond acceptors (Lipinski definition) is 4. The van der Waals surface area contributed by atoms with E-state index in [0.717, 1.165) is 23.3 Å².